The molecule has 0 rings (SSSR count). The minimum atomic E-state index is -1.03. The first-order chi connectivity index (χ1) is 7.54. The van der Waals surface area contributed by atoms with Gasteiger partial charge in [-0.1, -0.05) is 20.3 Å². The van der Waals surface area contributed by atoms with Crippen molar-refractivity contribution in [2.45, 2.75) is 52.2 Å². The number of hydrogen-bond acceptors (Lipinski definition) is 4. The lowest BCUT2D eigenvalue weighted by Crippen LogP contribution is -2.52. The van der Waals surface area contributed by atoms with E-state index in [2.05, 4.69) is 0 Å². The first-order valence-electron chi connectivity index (χ1n) is 5.61. The minimum Gasteiger partial charge on any atom is -0.405 e. The van der Waals surface area contributed by atoms with Crippen LogP contribution in [-0.4, -0.2) is 35.5 Å². The van der Waals surface area contributed by atoms with Crippen LogP contribution in [0.25, 0.3) is 0 Å². The Morgan fingerprint density at radius 3 is 1.88 bits per heavy atom. The van der Waals surface area contributed by atoms with Crippen molar-refractivity contribution in [3.8, 4) is 0 Å². The second-order valence-electron chi connectivity index (χ2n) is 4.80. The molecule has 0 aromatic rings. The molecule has 4 N–H and O–H groups in total. The fourth-order valence-electron chi connectivity index (χ4n) is 1.04. The summed E-state index contributed by atoms with van der Waals surface area (Å²) < 4.78 is 0. The van der Waals surface area contributed by atoms with Crippen molar-refractivity contribution in [1.82, 2.24) is 0 Å². The van der Waals surface area contributed by atoms with Gasteiger partial charge in [0.1, 0.15) is 14.1 Å². The molecule has 0 fully saturated rings. The third kappa shape index (κ3) is 6.49. The van der Waals surface area contributed by atoms with Gasteiger partial charge in [-0.2, -0.15) is 0 Å². The van der Waals surface area contributed by atoms with Gasteiger partial charge in [-0.3, -0.25) is 4.79 Å². The zero-order valence-corrected chi connectivity index (χ0v) is 11.4. The Kier molecular flexibility index (Phi) is 8.19. The van der Waals surface area contributed by atoms with Gasteiger partial charge in [0.15, 0.2) is 0 Å². The van der Waals surface area contributed by atoms with Gasteiger partial charge in [-0.05, 0) is 38.4 Å². The van der Waals surface area contributed by atoms with Crippen molar-refractivity contribution < 1.29 is 15.0 Å². The fraction of sp³-hybridized carbons (Fsp3) is 0.750. The largest absolute Gasteiger partial charge is 0.405 e. The van der Waals surface area contributed by atoms with Crippen molar-refractivity contribution in [3.63, 3.8) is 0 Å². The number of aliphatic hydroxyl groups is 2. The van der Waals surface area contributed by atoms with Gasteiger partial charge in [0.25, 0.3) is 0 Å². The van der Waals surface area contributed by atoms with E-state index in [-0.39, 0.29) is 11.4 Å². The number of carbonyl (C=O) groups excluding carboxylic acids is 1. The molecule has 0 spiro atoms. The Morgan fingerprint density at radius 1 is 1.41 bits per heavy atom. The van der Waals surface area contributed by atoms with Crippen molar-refractivity contribution >= 4 is 14.1 Å². The number of rotatable bonds is 4. The Bertz CT molecular complexity index is 257. The molecule has 0 heterocycles. The fourth-order valence-corrected chi connectivity index (χ4v) is 1.04. The quantitative estimate of drug-likeness (QED) is 0.384. The van der Waals surface area contributed by atoms with E-state index >= 15 is 0 Å². The molecule has 2 atom stereocenters. The van der Waals surface area contributed by atoms with E-state index in [1.165, 1.54) is 0 Å². The van der Waals surface area contributed by atoms with Crippen molar-refractivity contribution in [3.05, 3.63) is 11.7 Å². The summed E-state index contributed by atoms with van der Waals surface area (Å²) in [4.78, 5) is 9.46. The van der Waals surface area contributed by atoms with Gasteiger partial charge in [-0.15, -0.1) is 0 Å². The molecule has 0 aliphatic rings. The molecule has 0 bridgehead atoms. The van der Waals surface area contributed by atoms with Gasteiger partial charge >= 0.3 is 0 Å². The maximum atomic E-state index is 9.87. The Balaban J connectivity index is 0. The van der Waals surface area contributed by atoms with Gasteiger partial charge in [0.05, 0.1) is 11.2 Å². The Morgan fingerprint density at radius 2 is 1.82 bits per heavy atom. The molecule has 5 heteroatoms. The van der Waals surface area contributed by atoms with Gasteiger partial charge in [0, 0.05) is 0 Å². The predicted octanol–water partition coefficient (Wildman–Crippen LogP) is 0.708. The molecule has 0 saturated heterocycles. The van der Waals surface area contributed by atoms with E-state index in [1.54, 1.807) is 20.8 Å². The van der Waals surface area contributed by atoms with Crippen LogP contribution in [0, 0.1) is 5.92 Å². The maximum absolute atomic E-state index is 9.87. The van der Waals surface area contributed by atoms with E-state index in [1.807, 2.05) is 13.8 Å². The lowest BCUT2D eigenvalue weighted by atomic mass is 9.77. The number of carbonyl (C=O) groups is 1. The highest BCUT2D eigenvalue weighted by molar-refractivity contribution is 6.31. The summed E-state index contributed by atoms with van der Waals surface area (Å²) in [5.41, 5.74) is 2.81. The molecule has 0 saturated carbocycles. The van der Waals surface area contributed by atoms with Crippen LogP contribution >= 0.6 is 0 Å². The number of aldehydes is 1. The van der Waals surface area contributed by atoms with Crippen LogP contribution in [0.2, 0.25) is 0 Å². The predicted molar refractivity (Wildman–Crippen MR) is 70.5 cm³/mol. The number of nitrogens with two attached hydrogens (primary N) is 1. The molecule has 0 amide bonds. The van der Waals surface area contributed by atoms with Crippen molar-refractivity contribution in [2.24, 2.45) is 11.7 Å². The molecule has 0 aromatic heterocycles. The topological polar surface area (TPSA) is 83.5 Å². The summed E-state index contributed by atoms with van der Waals surface area (Å²) in [5, 5.41) is 19.5. The van der Waals surface area contributed by atoms with E-state index < -0.39 is 11.2 Å². The lowest BCUT2D eigenvalue weighted by Gasteiger charge is -2.40. The normalized spacial score (nSPS) is 17.5. The highest BCUT2D eigenvalue weighted by atomic mass is 16.4. The average Bonchev–Trinajstić information content (AvgIpc) is 2.25. The van der Waals surface area contributed by atoms with E-state index in [9.17, 15) is 15.0 Å². The molecule has 17 heavy (non-hydrogen) atoms. The van der Waals surface area contributed by atoms with Gasteiger partial charge < -0.3 is 15.9 Å². The molecule has 4 nitrogen and oxygen atoms in total. The van der Waals surface area contributed by atoms with Crippen LogP contribution < -0.4 is 5.73 Å². The summed E-state index contributed by atoms with van der Waals surface area (Å²) in [7, 11) is 4.84. The summed E-state index contributed by atoms with van der Waals surface area (Å²) >= 11 is 0. The lowest BCUT2D eigenvalue weighted by molar-refractivity contribution is -0.148. The third-order valence-electron chi connectivity index (χ3n) is 3.14. The Hall–Kier alpha value is -0.805. The highest BCUT2D eigenvalue weighted by Crippen LogP contribution is 2.30. The summed E-state index contributed by atoms with van der Waals surface area (Å²) in [5.74, 6) is 0.113. The Labute approximate surface area is 105 Å². The average molecular weight is 241 g/mol. The van der Waals surface area contributed by atoms with E-state index in [0.717, 1.165) is 12.6 Å². The molecular formula is C12H24BNO3. The third-order valence-corrected chi connectivity index (χ3v) is 3.14. The first kappa shape index (κ1) is 18.6. The second kappa shape index (κ2) is 7.51. The molecule has 98 valence electrons. The van der Waals surface area contributed by atoms with E-state index in [0.29, 0.717) is 6.29 Å². The monoisotopic (exact) mass is 241 g/mol. The first-order valence-corrected chi connectivity index (χ1v) is 5.61. The zero-order chi connectivity index (χ0) is 14.3. The number of hydrogen-bond donors (Lipinski definition) is 3. The second-order valence-corrected chi connectivity index (χ2v) is 4.80. The smallest absolute Gasteiger partial charge is 0.137 e. The SMILES string of the molecule is CCC(C)C(C)(O)C(C)(C)O.[B]/C(C=O)=C/N. The maximum Gasteiger partial charge on any atom is 0.137 e. The van der Waals surface area contributed by atoms with Crippen LogP contribution in [0.3, 0.4) is 0 Å². The van der Waals surface area contributed by atoms with Crippen LogP contribution in [0.1, 0.15) is 41.0 Å². The summed E-state index contributed by atoms with van der Waals surface area (Å²) in [6.07, 6.45) is 2.41. The van der Waals surface area contributed by atoms with E-state index in [4.69, 9.17) is 13.6 Å². The summed E-state index contributed by atoms with van der Waals surface area (Å²) in [6.45, 7) is 8.91. The molecule has 0 aliphatic carbocycles. The minimum absolute atomic E-state index is 0.0648. The summed E-state index contributed by atoms with van der Waals surface area (Å²) in [6, 6.07) is 0. The standard InChI is InChI=1S/C9H20O2.C3H4BNO/c1-6-7(2)9(5,11)8(3,4)10;4-3(1-5)2-6/h7,10-11H,6H2,1-5H3;1-2H,5H2/b;3-1+. The van der Waals surface area contributed by atoms with Crippen molar-refractivity contribution in [1.29, 1.82) is 0 Å². The molecular weight excluding hydrogens is 217 g/mol. The molecule has 0 aromatic carbocycles. The zero-order valence-electron chi connectivity index (χ0n) is 11.4. The van der Waals surface area contributed by atoms with Crippen molar-refractivity contribution in [2.75, 3.05) is 0 Å². The molecule has 0 aliphatic heterocycles. The van der Waals surface area contributed by atoms with Crippen LogP contribution in [0.5, 0.6) is 0 Å². The van der Waals surface area contributed by atoms with Gasteiger partial charge in [-0.25, -0.2) is 0 Å². The van der Waals surface area contributed by atoms with Crippen LogP contribution in [-0.2, 0) is 4.79 Å². The van der Waals surface area contributed by atoms with Gasteiger partial charge in [0.2, 0.25) is 0 Å². The molecule has 2 radical (unpaired) electrons. The van der Waals surface area contributed by atoms with Crippen LogP contribution in [0.4, 0.5) is 0 Å². The number of allylic oxidation sites excluding steroid dienone is 1. The highest BCUT2D eigenvalue weighted by Gasteiger charge is 2.41. The molecule has 2 unspecified atom stereocenters. The van der Waals surface area contributed by atoms with Crippen LogP contribution in [0.15, 0.2) is 11.7 Å².